The van der Waals surface area contributed by atoms with E-state index in [1.54, 1.807) is 24.3 Å². The Labute approximate surface area is 143 Å². The molecule has 2 aromatic rings. The average molecular weight is 355 g/mol. The highest BCUT2D eigenvalue weighted by atomic mass is 35.5. The molecule has 0 amide bonds. The Hall–Kier alpha value is -1.36. The third kappa shape index (κ3) is 2.67. The van der Waals surface area contributed by atoms with Crippen molar-refractivity contribution >= 4 is 40.5 Å². The van der Waals surface area contributed by atoms with E-state index < -0.39 is 5.54 Å². The van der Waals surface area contributed by atoms with Crippen LogP contribution in [0.5, 0.6) is 0 Å². The molecule has 0 aliphatic carbocycles. The van der Waals surface area contributed by atoms with Gasteiger partial charge in [-0.3, -0.25) is 0 Å². The second kappa shape index (κ2) is 5.69. The lowest BCUT2D eigenvalue weighted by atomic mass is 9.82. The van der Waals surface area contributed by atoms with Crippen LogP contribution < -0.4 is 10.6 Å². The van der Waals surface area contributed by atoms with Gasteiger partial charge in [-0.15, -0.1) is 0 Å². The molecule has 2 N–H and O–H groups in total. The molecule has 1 heterocycles. The molecule has 0 saturated carbocycles. The van der Waals surface area contributed by atoms with Crippen molar-refractivity contribution in [1.29, 1.82) is 0 Å². The Kier molecular flexibility index (Phi) is 4.02. The Morgan fingerprint density at radius 1 is 1.09 bits per heavy atom. The van der Waals surface area contributed by atoms with Crippen LogP contribution in [0, 0.1) is 5.82 Å². The van der Waals surface area contributed by atoms with Gasteiger partial charge in [0.15, 0.2) is 5.11 Å². The fourth-order valence-corrected chi connectivity index (χ4v) is 3.44. The van der Waals surface area contributed by atoms with Crippen LogP contribution in [-0.2, 0) is 5.54 Å². The number of nitrogens with one attached hydrogen (secondary N) is 2. The molecule has 2 aromatic carbocycles. The van der Waals surface area contributed by atoms with Crippen molar-refractivity contribution in [2.45, 2.75) is 18.5 Å². The highest BCUT2D eigenvalue weighted by molar-refractivity contribution is 7.80. The van der Waals surface area contributed by atoms with E-state index in [1.807, 2.05) is 19.1 Å². The Balaban J connectivity index is 2.09. The highest BCUT2D eigenvalue weighted by Gasteiger charge is 2.44. The second-order valence-electron chi connectivity index (χ2n) is 5.41. The van der Waals surface area contributed by atoms with Crippen LogP contribution in [0.1, 0.15) is 24.1 Å². The maximum absolute atomic E-state index is 14.4. The zero-order valence-corrected chi connectivity index (χ0v) is 14.0. The molecule has 3 rings (SSSR count). The molecular formula is C16H13Cl2FN2S. The average Bonchev–Trinajstić information content (AvgIpc) is 2.75. The van der Waals surface area contributed by atoms with Crippen molar-refractivity contribution in [3.63, 3.8) is 0 Å². The number of hydrogen-bond donors (Lipinski definition) is 2. The fraction of sp³-hybridized carbons (Fsp3) is 0.188. The molecular weight excluding hydrogens is 342 g/mol. The summed E-state index contributed by atoms with van der Waals surface area (Å²) in [4.78, 5) is 0. The minimum atomic E-state index is -0.723. The van der Waals surface area contributed by atoms with E-state index in [0.717, 1.165) is 5.56 Å². The maximum atomic E-state index is 14.4. The first-order valence-corrected chi connectivity index (χ1v) is 7.86. The van der Waals surface area contributed by atoms with Crippen molar-refractivity contribution in [3.05, 3.63) is 69.5 Å². The SMILES string of the molecule is CC1(c2ccc(Cl)cc2F)NC(=S)NC1c1ccc(Cl)cc1. The van der Waals surface area contributed by atoms with Crippen LogP contribution in [0.2, 0.25) is 10.0 Å². The second-order valence-corrected chi connectivity index (χ2v) is 6.69. The molecule has 2 nitrogen and oxygen atoms in total. The van der Waals surface area contributed by atoms with E-state index >= 15 is 0 Å². The van der Waals surface area contributed by atoms with Crippen LogP contribution in [0.4, 0.5) is 4.39 Å². The van der Waals surface area contributed by atoms with Gasteiger partial charge < -0.3 is 10.6 Å². The zero-order valence-electron chi connectivity index (χ0n) is 11.7. The number of thiocarbonyl (C=S) groups is 1. The highest BCUT2D eigenvalue weighted by Crippen LogP contribution is 2.40. The van der Waals surface area contributed by atoms with Crippen molar-refractivity contribution < 1.29 is 4.39 Å². The molecule has 22 heavy (non-hydrogen) atoms. The molecule has 114 valence electrons. The minimum Gasteiger partial charge on any atom is -0.353 e. The summed E-state index contributed by atoms with van der Waals surface area (Å²) in [5.41, 5.74) is 0.748. The molecule has 6 heteroatoms. The lowest BCUT2D eigenvalue weighted by molar-refractivity contribution is 0.362. The lowest BCUT2D eigenvalue weighted by Gasteiger charge is -2.31. The molecule has 1 aliphatic heterocycles. The topological polar surface area (TPSA) is 24.1 Å². The third-order valence-electron chi connectivity index (χ3n) is 3.92. The van der Waals surface area contributed by atoms with E-state index in [0.29, 0.717) is 20.7 Å². The summed E-state index contributed by atoms with van der Waals surface area (Å²) in [6.45, 7) is 1.91. The molecule has 2 atom stereocenters. The number of halogens is 3. The van der Waals surface area contributed by atoms with Gasteiger partial charge in [-0.25, -0.2) is 4.39 Å². The summed E-state index contributed by atoms with van der Waals surface area (Å²) in [7, 11) is 0. The molecule has 1 fully saturated rings. The predicted molar refractivity (Wildman–Crippen MR) is 91.8 cm³/mol. The van der Waals surface area contributed by atoms with Crippen molar-refractivity contribution in [2.75, 3.05) is 0 Å². The van der Waals surface area contributed by atoms with Crippen LogP contribution in [-0.4, -0.2) is 5.11 Å². The van der Waals surface area contributed by atoms with Gasteiger partial charge in [0.05, 0.1) is 11.6 Å². The minimum absolute atomic E-state index is 0.215. The van der Waals surface area contributed by atoms with Gasteiger partial charge in [0, 0.05) is 15.6 Å². The first kappa shape index (κ1) is 15.5. The normalized spacial score (nSPS) is 24.0. The van der Waals surface area contributed by atoms with Crippen LogP contribution in [0.15, 0.2) is 42.5 Å². The van der Waals surface area contributed by atoms with Crippen LogP contribution in [0.3, 0.4) is 0 Å². The zero-order chi connectivity index (χ0) is 15.9. The summed E-state index contributed by atoms with van der Waals surface area (Å²) in [6.07, 6.45) is 0. The quantitative estimate of drug-likeness (QED) is 0.772. The summed E-state index contributed by atoms with van der Waals surface area (Å²) in [5.74, 6) is -0.368. The molecule has 0 radical (unpaired) electrons. The van der Waals surface area contributed by atoms with Gasteiger partial charge >= 0.3 is 0 Å². The third-order valence-corrected chi connectivity index (χ3v) is 4.63. The van der Waals surface area contributed by atoms with Crippen molar-refractivity contribution in [3.8, 4) is 0 Å². The summed E-state index contributed by atoms with van der Waals surface area (Å²) >= 11 is 17.0. The standard InChI is InChI=1S/C16H13Cl2FN2S/c1-16(12-7-6-11(18)8-13(12)19)14(20-15(22)21-16)9-2-4-10(17)5-3-9/h2-8,14H,1H3,(H2,20,21,22). The Morgan fingerprint density at radius 3 is 2.36 bits per heavy atom. The maximum Gasteiger partial charge on any atom is 0.167 e. The smallest absolute Gasteiger partial charge is 0.167 e. The van der Waals surface area contributed by atoms with Gasteiger partial charge in [0.1, 0.15) is 5.82 Å². The largest absolute Gasteiger partial charge is 0.353 e. The molecule has 0 aromatic heterocycles. The Morgan fingerprint density at radius 2 is 1.73 bits per heavy atom. The first-order valence-electron chi connectivity index (χ1n) is 6.70. The fourth-order valence-electron chi connectivity index (χ4n) is 2.82. The van der Waals surface area contributed by atoms with E-state index in [2.05, 4.69) is 10.6 Å². The number of hydrogen-bond acceptors (Lipinski definition) is 1. The van der Waals surface area contributed by atoms with Gasteiger partial charge in [0.25, 0.3) is 0 Å². The monoisotopic (exact) mass is 354 g/mol. The van der Waals surface area contributed by atoms with Gasteiger partial charge in [-0.2, -0.15) is 0 Å². The van der Waals surface area contributed by atoms with Crippen molar-refractivity contribution in [2.24, 2.45) is 0 Å². The number of benzene rings is 2. The summed E-state index contributed by atoms with van der Waals surface area (Å²) < 4.78 is 14.4. The molecule has 0 spiro atoms. The van der Waals surface area contributed by atoms with Crippen LogP contribution >= 0.6 is 35.4 Å². The van der Waals surface area contributed by atoms with Crippen LogP contribution in [0.25, 0.3) is 0 Å². The Bertz CT molecular complexity index is 735. The first-order chi connectivity index (χ1) is 10.4. The van der Waals surface area contributed by atoms with E-state index in [-0.39, 0.29) is 11.9 Å². The van der Waals surface area contributed by atoms with E-state index in [4.69, 9.17) is 35.4 Å². The van der Waals surface area contributed by atoms with Gasteiger partial charge in [-0.05, 0) is 49.0 Å². The predicted octanol–water partition coefficient (Wildman–Crippen LogP) is 4.57. The van der Waals surface area contributed by atoms with E-state index in [9.17, 15) is 4.39 Å². The van der Waals surface area contributed by atoms with E-state index in [1.165, 1.54) is 6.07 Å². The molecule has 0 bridgehead atoms. The van der Waals surface area contributed by atoms with Gasteiger partial charge in [-0.1, -0.05) is 41.4 Å². The van der Waals surface area contributed by atoms with Crippen molar-refractivity contribution in [1.82, 2.24) is 10.6 Å². The van der Waals surface area contributed by atoms with Gasteiger partial charge in [0.2, 0.25) is 0 Å². The molecule has 1 aliphatic rings. The number of rotatable bonds is 2. The summed E-state index contributed by atoms with van der Waals surface area (Å²) in [6, 6.07) is 11.9. The molecule has 1 saturated heterocycles. The summed E-state index contributed by atoms with van der Waals surface area (Å²) in [5, 5.41) is 7.87. The molecule has 2 unspecified atom stereocenters. The lowest BCUT2D eigenvalue weighted by Crippen LogP contribution is -2.39.